The molecular formula is C16H16ClN3O3S. The third-order valence-corrected chi connectivity index (χ3v) is 5.31. The highest BCUT2D eigenvalue weighted by Crippen LogP contribution is 2.15. The van der Waals surface area contributed by atoms with Crippen molar-refractivity contribution in [3.8, 4) is 0 Å². The zero-order valence-corrected chi connectivity index (χ0v) is 14.2. The molecule has 8 heteroatoms. The molecule has 0 spiro atoms. The van der Waals surface area contributed by atoms with Gasteiger partial charge in [0.05, 0.1) is 15.9 Å². The number of benzene rings is 2. The fourth-order valence-electron chi connectivity index (χ4n) is 2.45. The van der Waals surface area contributed by atoms with Crippen molar-refractivity contribution in [2.24, 2.45) is 0 Å². The second-order valence-corrected chi connectivity index (χ2v) is 7.62. The first-order valence-electron chi connectivity index (χ1n) is 7.40. The lowest BCUT2D eigenvalue weighted by molar-refractivity contribution is 0.579. The molecule has 1 aromatic heterocycles. The van der Waals surface area contributed by atoms with E-state index in [0.717, 1.165) is 12.0 Å². The first-order chi connectivity index (χ1) is 11.4. The van der Waals surface area contributed by atoms with E-state index >= 15 is 0 Å². The van der Waals surface area contributed by atoms with Gasteiger partial charge in [-0.2, -0.15) is 0 Å². The number of hydrogen-bond donors (Lipinski definition) is 3. The number of rotatable bonds is 6. The van der Waals surface area contributed by atoms with Gasteiger partial charge < -0.3 is 9.97 Å². The van der Waals surface area contributed by atoms with Crippen molar-refractivity contribution in [3.63, 3.8) is 0 Å². The Morgan fingerprint density at radius 2 is 1.83 bits per heavy atom. The van der Waals surface area contributed by atoms with Gasteiger partial charge in [0.2, 0.25) is 10.0 Å². The molecule has 6 nitrogen and oxygen atoms in total. The van der Waals surface area contributed by atoms with E-state index in [0.29, 0.717) is 29.0 Å². The van der Waals surface area contributed by atoms with E-state index in [9.17, 15) is 13.2 Å². The van der Waals surface area contributed by atoms with Crippen molar-refractivity contribution in [2.75, 3.05) is 6.54 Å². The van der Waals surface area contributed by atoms with Crippen LogP contribution >= 0.6 is 11.6 Å². The molecule has 3 aromatic rings. The first kappa shape index (κ1) is 16.8. The lowest BCUT2D eigenvalue weighted by Gasteiger charge is -2.07. The third-order valence-electron chi connectivity index (χ3n) is 3.62. The van der Waals surface area contributed by atoms with Gasteiger partial charge in [0.25, 0.3) is 0 Å². The minimum Gasteiger partial charge on any atom is -0.306 e. The Balaban J connectivity index is 1.63. The summed E-state index contributed by atoms with van der Waals surface area (Å²) >= 11 is 5.92. The van der Waals surface area contributed by atoms with Crippen molar-refractivity contribution >= 4 is 32.7 Å². The van der Waals surface area contributed by atoms with Gasteiger partial charge in [-0.3, -0.25) is 0 Å². The number of nitrogens with one attached hydrogen (secondary N) is 3. The average molecular weight is 366 g/mol. The maximum absolute atomic E-state index is 12.3. The Hall–Kier alpha value is -2.09. The van der Waals surface area contributed by atoms with Crippen molar-refractivity contribution in [1.29, 1.82) is 0 Å². The molecular weight excluding hydrogens is 350 g/mol. The Morgan fingerprint density at radius 3 is 2.62 bits per heavy atom. The van der Waals surface area contributed by atoms with Gasteiger partial charge >= 0.3 is 5.69 Å². The number of aromatic amines is 2. The van der Waals surface area contributed by atoms with Crippen LogP contribution in [0.4, 0.5) is 0 Å². The number of halogens is 1. The minimum absolute atomic E-state index is 0.119. The van der Waals surface area contributed by atoms with Crippen molar-refractivity contribution < 1.29 is 8.42 Å². The van der Waals surface area contributed by atoms with Gasteiger partial charge in [0.1, 0.15) is 0 Å². The van der Waals surface area contributed by atoms with Crippen LogP contribution in [0.15, 0.2) is 52.2 Å². The summed E-state index contributed by atoms with van der Waals surface area (Å²) in [5.41, 5.74) is 1.73. The van der Waals surface area contributed by atoms with Crippen molar-refractivity contribution in [3.05, 3.63) is 63.5 Å². The molecule has 0 unspecified atom stereocenters. The van der Waals surface area contributed by atoms with Crippen LogP contribution in [-0.2, 0) is 16.4 Å². The molecule has 0 fully saturated rings. The largest absolute Gasteiger partial charge is 0.323 e. The predicted octanol–water partition coefficient (Wildman–Crippen LogP) is 2.42. The van der Waals surface area contributed by atoms with E-state index in [1.54, 1.807) is 12.1 Å². The summed E-state index contributed by atoms with van der Waals surface area (Å²) in [6.07, 6.45) is 1.38. The van der Waals surface area contributed by atoms with Gasteiger partial charge in [0, 0.05) is 11.6 Å². The van der Waals surface area contributed by atoms with Gasteiger partial charge in [-0.1, -0.05) is 23.7 Å². The summed E-state index contributed by atoms with van der Waals surface area (Å²) in [6, 6.07) is 12.0. The second-order valence-electron chi connectivity index (χ2n) is 5.42. The second kappa shape index (κ2) is 6.80. The summed E-state index contributed by atoms with van der Waals surface area (Å²) in [5, 5.41) is 0.668. The molecule has 3 N–H and O–H groups in total. The first-order valence-corrected chi connectivity index (χ1v) is 9.26. The summed E-state index contributed by atoms with van der Waals surface area (Å²) in [7, 11) is -3.62. The molecule has 1 heterocycles. The molecule has 2 aromatic carbocycles. The number of H-pyrrole nitrogens is 2. The lowest BCUT2D eigenvalue weighted by atomic mass is 10.1. The van der Waals surface area contributed by atoms with Crippen LogP contribution in [-0.4, -0.2) is 24.9 Å². The molecule has 0 bridgehead atoms. The minimum atomic E-state index is -3.62. The SMILES string of the molecule is O=c1[nH]c2ccc(S(=O)(=O)NCCCc3cccc(Cl)c3)cc2[nH]1. The summed E-state index contributed by atoms with van der Waals surface area (Å²) < 4.78 is 27.2. The van der Waals surface area contributed by atoms with Crippen LogP contribution in [0.2, 0.25) is 5.02 Å². The predicted molar refractivity (Wildman–Crippen MR) is 93.9 cm³/mol. The van der Waals surface area contributed by atoms with Crippen LogP contribution in [0.25, 0.3) is 11.0 Å². The summed E-state index contributed by atoms with van der Waals surface area (Å²) in [4.78, 5) is 16.5. The van der Waals surface area contributed by atoms with Crippen molar-refractivity contribution in [2.45, 2.75) is 17.7 Å². The molecule has 24 heavy (non-hydrogen) atoms. The number of aromatic nitrogens is 2. The molecule has 0 radical (unpaired) electrons. The standard InChI is InChI=1S/C16H16ClN3O3S/c17-12-5-1-3-11(9-12)4-2-8-18-24(22,23)13-6-7-14-15(10-13)20-16(21)19-14/h1,3,5-7,9-10,18H,2,4,8H2,(H2,19,20,21). The Labute approximate surface area is 143 Å². The van der Waals surface area contributed by atoms with Gasteiger partial charge in [0.15, 0.2) is 0 Å². The van der Waals surface area contributed by atoms with Crippen molar-refractivity contribution in [1.82, 2.24) is 14.7 Å². The maximum atomic E-state index is 12.3. The average Bonchev–Trinajstić information content (AvgIpc) is 2.91. The van der Waals surface area contributed by atoms with E-state index in [2.05, 4.69) is 14.7 Å². The highest BCUT2D eigenvalue weighted by atomic mass is 35.5. The number of sulfonamides is 1. The molecule has 0 aliphatic rings. The van der Waals surface area contributed by atoms with Crippen LogP contribution < -0.4 is 10.4 Å². The highest BCUT2D eigenvalue weighted by molar-refractivity contribution is 7.89. The monoisotopic (exact) mass is 365 g/mol. The third kappa shape index (κ3) is 3.87. The van der Waals surface area contributed by atoms with E-state index < -0.39 is 10.0 Å². The van der Waals surface area contributed by atoms with Crippen LogP contribution in [0.5, 0.6) is 0 Å². The fourth-order valence-corrected chi connectivity index (χ4v) is 3.77. The van der Waals surface area contributed by atoms with E-state index in [4.69, 9.17) is 11.6 Å². The molecule has 0 saturated carbocycles. The molecule has 126 valence electrons. The lowest BCUT2D eigenvalue weighted by Crippen LogP contribution is -2.25. The Bertz CT molecular complexity index is 1020. The van der Waals surface area contributed by atoms with Crippen LogP contribution in [0.3, 0.4) is 0 Å². The number of fused-ring (bicyclic) bond motifs is 1. The molecule has 0 atom stereocenters. The number of imidazole rings is 1. The normalized spacial score (nSPS) is 11.9. The van der Waals surface area contributed by atoms with E-state index in [1.807, 2.05) is 18.2 Å². The van der Waals surface area contributed by atoms with Crippen LogP contribution in [0.1, 0.15) is 12.0 Å². The molecule has 0 aliphatic carbocycles. The zero-order chi connectivity index (χ0) is 17.2. The number of hydrogen-bond acceptors (Lipinski definition) is 3. The quantitative estimate of drug-likeness (QED) is 0.585. The Kier molecular flexibility index (Phi) is 4.75. The fraction of sp³-hybridized carbons (Fsp3) is 0.188. The molecule has 0 amide bonds. The molecule has 3 rings (SSSR count). The zero-order valence-electron chi connectivity index (χ0n) is 12.7. The topological polar surface area (TPSA) is 94.8 Å². The van der Waals surface area contributed by atoms with Gasteiger partial charge in [-0.15, -0.1) is 0 Å². The summed E-state index contributed by atoms with van der Waals surface area (Å²) in [6.45, 7) is 0.316. The Morgan fingerprint density at radius 1 is 1.04 bits per heavy atom. The maximum Gasteiger partial charge on any atom is 0.323 e. The highest BCUT2D eigenvalue weighted by Gasteiger charge is 2.14. The molecule has 0 aliphatic heterocycles. The van der Waals surface area contributed by atoms with E-state index in [1.165, 1.54) is 12.1 Å². The van der Waals surface area contributed by atoms with Gasteiger partial charge in [-0.25, -0.2) is 17.9 Å². The number of aryl methyl sites for hydroxylation is 1. The van der Waals surface area contributed by atoms with Gasteiger partial charge in [-0.05, 0) is 48.7 Å². The smallest absolute Gasteiger partial charge is 0.306 e. The van der Waals surface area contributed by atoms with Crippen LogP contribution in [0, 0.1) is 0 Å². The van der Waals surface area contributed by atoms with E-state index in [-0.39, 0.29) is 10.6 Å². The summed E-state index contributed by atoms with van der Waals surface area (Å²) in [5.74, 6) is 0. The molecule has 0 saturated heterocycles.